The molecule has 0 radical (unpaired) electrons. The summed E-state index contributed by atoms with van der Waals surface area (Å²) in [5, 5.41) is 6.65. The molecule has 8 heteroatoms. The molecule has 2 heterocycles. The number of piperazine rings is 1. The first kappa shape index (κ1) is 22.7. The Bertz CT molecular complexity index is 865. The number of benzene rings is 1. The molecular formula is C23H34N6O2. The highest BCUT2D eigenvalue weighted by Gasteiger charge is 2.15. The lowest BCUT2D eigenvalue weighted by molar-refractivity contribution is 0.311. The third-order valence-corrected chi connectivity index (χ3v) is 5.13. The van der Waals surface area contributed by atoms with Gasteiger partial charge in [-0.1, -0.05) is 0 Å². The summed E-state index contributed by atoms with van der Waals surface area (Å²) in [6.45, 7) is 10.0. The molecule has 1 aliphatic heterocycles. The molecule has 0 aliphatic carbocycles. The zero-order valence-electron chi connectivity index (χ0n) is 19.0. The number of guanidine groups is 1. The number of methoxy groups -OCH3 is 1. The number of aliphatic imine (C=N–C) groups is 1. The Labute approximate surface area is 185 Å². The zero-order valence-corrected chi connectivity index (χ0v) is 19.0. The monoisotopic (exact) mass is 426 g/mol. The minimum Gasteiger partial charge on any atom is -0.493 e. The number of anilines is 2. The van der Waals surface area contributed by atoms with E-state index < -0.39 is 0 Å². The summed E-state index contributed by atoms with van der Waals surface area (Å²) in [6.07, 6.45) is 1.87. The Morgan fingerprint density at radius 2 is 1.90 bits per heavy atom. The molecule has 3 rings (SSSR count). The lowest BCUT2D eigenvalue weighted by Crippen LogP contribution is -2.44. The highest BCUT2D eigenvalue weighted by atomic mass is 16.5. The summed E-state index contributed by atoms with van der Waals surface area (Å²) in [4.78, 5) is 14.0. The van der Waals surface area contributed by atoms with Crippen LogP contribution in [0, 0.1) is 0 Å². The van der Waals surface area contributed by atoms with Gasteiger partial charge in [0.05, 0.1) is 20.3 Å². The lowest BCUT2D eigenvalue weighted by Gasteiger charge is -2.33. The number of pyridine rings is 1. The molecule has 1 aliphatic rings. The number of hydrogen-bond donors (Lipinski definition) is 2. The van der Waals surface area contributed by atoms with Gasteiger partial charge in [0.25, 0.3) is 0 Å². The van der Waals surface area contributed by atoms with Crippen LogP contribution in [0.25, 0.3) is 0 Å². The molecule has 1 fully saturated rings. The molecule has 0 saturated carbocycles. The molecule has 0 atom stereocenters. The molecule has 2 aromatic rings. The Morgan fingerprint density at radius 1 is 1.10 bits per heavy atom. The SMILES string of the molecule is CCNC(=NCc1ccnc(N2CCN(C)CC2)c1)Nc1ccc(OC)c(OCC)c1. The van der Waals surface area contributed by atoms with Crippen LogP contribution in [0.1, 0.15) is 19.4 Å². The van der Waals surface area contributed by atoms with Crippen LogP contribution >= 0.6 is 0 Å². The van der Waals surface area contributed by atoms with Gasteiger partial charge >= 0.3 is 0 Å². The Kier molecular flexibility index (Phi) is 8.35. The number of hydrogen-bond acceptors (Lipinski definition) is 6. The molecule has 1 aromatic carbocycles. The normalized spacial score (nSPS) is 15.0. The van der Waals surface area contributed by atoms with Crippen molar-refractivity contribution in [3.8, 4) is 11.5 Å². The highest BCUT2D eigenvalue weighted by Crippen LogP contribution is 2.30. The molecule has 0 spiro atoms. The van der Waals surface area contributed by atoms with Crippen molar-refractivity contribution in [1.82, 2.24) is 15.2 Å². The minimum atomic E-state index is 0.563. The fourth-order valence-electron chi connectivity index (χ4n) is 3.40. The minimum absolute atomic E-state index is 0.563. The number of aromatic nitrogens is 1. The summed E-state index contributed by atoms with van der Waals surface area (Å²) in [5.74, 6) is 3.16. The van der Waals surface area contributed by atoms with Gasteiger partial charge in [-0.3, -0.25) is 0 Å². The van der Waals surface area contributed by atoms with Crippen LogP contribution in [-0.2, 0) is 6.54 Å². The Balaban J connectivity index is 1.70. The quantitative estimate of drug-likeness (QED) is 0.497. The molecule has 2 N–H and O–H groups in total. The Morgan fingerprint density at radius 3 is 2.61 bits per heavy atom. The van der Waals surface area contributed by atoms with Crippen molar-refractivity contribution < 1.29 is 9.47 Å². The summed E-state index contributed by atoms with van der Waals surface area (Å²) < 4.78 is 11.0. The molecule has 0 amide bonds. The van der Waals surface area contributed by atoms with Gasteiger partial charge in [-0.05, 0) is 50.7 Å². The zero-order chi connectivity index (χ0) is 22.1. The molecule has 0 bridgehead atoms. The van der Waals surface area contributed by atoms with E-state index in [1.54, 1.807) is 7.11 Å². The third kappa shape index (κ3) is 6.49. The van der Waals surface area contributed by atoms with Crippen LogP contribution in [0.15, 0.2) is 41.5 Å². The van der Waals surface area contributed by atoms with Crippen LogP contribution in [0.2, 0.25) is 0 Å². The summed E-state index contributed by atoms with van der Waals surface area (Å²) in [7, 11) is 3.80. The Hall–Kier alpha value is -3.00. The van der Waals surface area contributed by atoms with Crippen LogP contribution in [0.4, 0.5) is 11.5 Å². The molecule has 168 valence electrons. The maximum absolute atomic E-state index is 5.68. The summed E-state index contributed by atoms with van der Waals surface area (Å²) >= 11 is 0. The van der Waals surface area contributed by atoms with Crippen molar-refractivity contribution in [3.63, 3.8) is 0 Å². The van der Waals surface area contributed by atoms with Gasteiger partial charge < -0.3 is 29.9 Å². The maximum atomic E-state index is 5.68. The van der Waals surface area contributed by atoms with E-state index in [0.717, 1.165) is 49.8 Å². The van der Waals surface area contributed by atoms with Crippen LogP contribution in [-0.4, -0.2) is 69.3 Å². The summed E-state index contributed by atoms with van der Waals surface area (Å²) in [6, 6.07) is 9.92. The fraction of sp³-hybridized carbons (Fsp3) is 0.478. The van der Waals surface area contributed by atoms with E-state index in [9.17, 15) is 0 Å². The highest BCUT2D eigenvalue weighted by molar-refractivity contribution is 5.93. The lowest BCUT2D eigenvalue weighted by atomic mass is 10.2. The van der Waals surface area contributed by atoms with Crippen LogP contribution in [0.3, 0.4) is 0 Å². The van der Waals surface area contributed by atoms with Crippen molar-refractivity contribution in [3.05, 3.63) is 42.1 Å². The van der Waals surface area contributed by atoms with Crippen LogP contribution in [0.5, 0.6) is 11.5 Å². The van der Waals surface area contributed by atoms with E-state index >= 15 is 0 Å². The van der Waals surface area contributed by atoms with E-state index in [4.69, 9.17) is 14.5 Å². The van der Waals surface area contributed by atoms with Crippen molar-refractivity contribution in [2.75, 3.05) is 63.7 Å². The molecular weight excluding hydrogens is 392 g/mol. The smallest absolute Gasteiger partial charge is 0.196 e. The van der Waals surface area contributed by atoms with Gasteiger partial charge in [-0.25, -0.2) is 9.98 Å². The van der Waals surface area contributed by atoms with Crippen molar-refractivity contribution >= 4 is 17.5 Å². The molecule has 31 heavy (non-hydrogen) atoms. The first-order valence-corrected chi connectivity index (χ1v) is 10.9. The average Bonchev–Trinajstić information content (AvgIpc) is 2.79. The van der Waals surface area contributed by atoms with Gasteiger partial charge in [0.15, 0.2) is 17.5 Å². The van der Waals surface area contributed by atoms with Gasteiger partial charge in [-0.2, -0.15) is 0 Å². The van der Waals surface area contributed by atoms with Gasteiger partial charge in [0.1, 0.15) is 5.82 Å². The second-order valence-corrected chi connectivity index (χ2v) is 7.43. The largest absolute Gasteiger partial charge is 0.493 e. The number of likely N-dealkylation sites (N-methyl/N-ethyl adjacent to an activating group) is 1. The maximum Gasteiger partial charge on any atom is 0.196 e. The van der Waals surface area contributed by atoms with E-state index in [0.29, 0.717) is 30.6 Å². The second kappa shape index (κ2) is 11.4. The topological polar surface area (TPSA) is 74.3 Å². The predicted octanol–water partition coefficient (Wildman–Crippen LogP) is 2.82. The predicted molar refractivity (Wildman–Crippen MR) is 127 cm³/mol. The fourth-order valence-corrected chi connectivity index (χ4v) is 3.40. The summed E-state index contributed by atoms with van der Waals surface area (Å²) in [5.41, 5.74) is 2.02. The number of ether oxygens (including phenoxy) is 2. The van der Waals surface area contributed by atoms with E-state index in [1.165, 1.54) is 0 Å². The van der Waals surface area contributed by atoms with Gasteiger partial charge in [0.2, 0.25) is 0 Å². The van der Waals surface area contributed by atoms with Crippen molar-refractivity contribution in [1.29, 1.82) is 0 Å². The second-order valence-electron chi connectivity index (χ2n) is 7.43. The van der Waals surface area contributed by atoms with E-state index in [2.05, 4.69) is 45.5 Å². The molecule has 8 nitrogen and oxygen atoms in total. The van der Waals surface area contributed by atoms with Gasteiger partial charge in [0, 0.05) is 50.7 Å². The third-order valence-electron chi connectivity index (χ3n) is 5.13. The average molecular weight is 427 g/mol. The van der Waals surface area contributed by atoms with Crippen molar-refractivity contribution in [2.24, 2.45) is 4.99 Å². The molecule has 1 aromatic heterocycles. The number of nitrogens with one attached hydrogen (secondary N) is 2. The first-order valence-electron chi connectivity index (χ1n) is 10.9. The van der Waals surface area contributed by atoms with Crippen molar-refractivity contribution in [2.45, 2.75) is 20.4 Å². The number of rotatable bonds is 8. The standard InChI is InChI=1S/C23H34N6O2/c1-5-24-23(27-19-7-8-20(30-4)21(16-19)31-6-2)26-17-18-9-10-25-22(15-18)29-13-11-28(3)12-14-29/h7-10,15-16H,5-6,11-14,17H2,1-4H3,(H2,24,26,27). The van der Waals surface area contributed by atoms with Crippen LogP contribution < -0.4 is 25.0 Å². The number of nitrogens with zero attached hydrogens (tertiary/aromatic N) is 4. The van der Waals surface area contributed by atoms with E-state index in [-0.39, 0.29) is 0 Å². The van der Waals surface area contributed by atoms with Gasteiger partial charge in [-0.15, -0.1) is 0 Å². The first-order chi connectivity index (χ1) is 15.1. The van der Waals surface area contributed by atoms with E-state index in [1.807, 2.05) is 37.4 Å². The molecule has 0 unspecified atom stereocenters. The molecule has 1 saturated heterocycles.